The molecule has 1 heterocycles. The summed E-state index contributed by atoms with van der Waals surface area (Å²) in [5.74, 6) is 1.28. The van der Waals surface area contributed by atoms with E-state index in [4.69, 9.17) is 9.47 Å². The minimum Gasteiger partial charge on any atom is -0.493 e. The molecule has 0 aliphatic carbocycles. The highest BCUT2D eigenvalue weighted by Gasteiger charge is 2.21. The van der Waals surface area contributed by atoms with Crippen LogP contribution in [0.15, 0.2) is 29.8 Å². The molecule has 0 aromatic heterocycles. The highest BCUT2D eigenvalue weighted by Crippen LogP contribution is 2.28. The van der Waals surface area contributed by atoms with Crippen LogP contribution in [-0.4, -0.2) is 62.7 Å². The summed E-state index contributed by atoms with van der Waals surface area (Å²) in [7, 11) is 3.17. The Labute approximate surface area is 144 Å². The van der Waals surface area contributed by atoms with Crippen LogP contribution in [0.4, 0.5) is 0 Å². The summed E-state index contributed by atoms with van der Waals surface area (Å²) in [6.07, 6.45) is 3.24. The number of benzene rings is 1. The van der Waals surface area contributed by atoms with Crippen molar-refractivity contribution < 1.29 is 14.3 Å². The quantitative estimate of drug-likeness (QED) is 0.778. The predicted octanol–water partition coefficient (Wildman–Crippen LogP) is 2.82. The van der Waals surface area contributed by atoms with Crippen LogP contribution >= 0.6 is 0 Å². The lowest BCUT2D eigenvalue weighted by Gasteiger charge is -2.22. The second-order valence-electron chi connectivity index (χ2n) is 6.30. The number of amides is 1. The molecule has 0 radical (unpaired) electrons. The molecule has 1 saturated heterocycles. The zero-order valence-electron chi connectivity index (χ0n) is 15.2. The van der Waals surface area contributed by atoms with Crippen molar-refractivity contribution in [3.8, 4) is 11.5 Å². The number of carbonyl (C=O) groups excluding carboxylic acids is 1. The van der Waals surface area contributed by atoms with E-state index in [1.165, 1.54) is 5.57 Å². The summed E-state index contributed by atoms with van der Waals surface area (Å²) in [5, 5.41) is 0. The first-order valence-electron chi connectivity index (χ1n) is 8.42. The molecule has 5 heteroatoms. The van der Waals surface area contributed by atoms with E-state index < -0.39 is 0 Å². The molecule has 1 aromatic carbocycles. The van der Waals surface area contributed by atoms with E-state index in [1.807, 2.05) is 4.90 Å². The molecule has 1 aromatic rings. The molecule has 1 aliphatic heterocycles. The van der Waals surface area contributed by atoms with E-state index in [0.717, 1.165) is 39.1 Å². The van der Waals surface area contributed by atoms with Crippen molar-refractivity contribution in [1.29, 1.82) is 0 Å². The van der Waals surface area contributed by atoms with Crippen molar-refractivity contribution >= 4 is 5.91 Å². The molecule has 0 atom stereocenters. The number of carbonyl (C=O) groups is 1. The second kappa shape index (κ2) is 8.73. The van der Waals surface area contributed by atoms with Crippen LogP contribution in [0.3, 0.4) is 0 Å². The van der Waals surface area contributed by atoms with Crippen LogP contribution < -0.4 is 9.47 Å². The molecule has 1 aliphatic rings. The number of nitrogens with zero attached hydrogens (tertiary/aromatic N) is 2. The van der Waals surface area contributed by atoms with Gasteiger partial charge >= 0.3 is 0 Å². The van der Waals surface area contributed by atoms with Gasteiger partial charge in [0.1, 0.15) is 0 Å². The van der Waals surface area contributed by atoms with E-state index in [9.17, 15) is 4.79 Å². The second-order valence-corrected chi connectivity index (χ2v) is 6.30. The minimum absolute atomic E-state index is 0.0556. The third-order valence-electron chi connectivity index (χ3n) is 4.26. The summed E-state index contributed by atoms with van der Waals surface area (Å²) in [4.78, 5) is 17.1. The molecule has 0 spiro atoms. The van der Waals surface area contributed by atoms with Gasteiger partial charge < -0.3 is 14.4 Å². The van der Waals surface area contributed by atoms with Gasteiger partial charge in [0.2, 0.25) is 0 Å². The summed E-state index contributed by atoms with van der Waals surface area (Å²) in [6, 6.07) is 5.34. The Bertz CT molecular complexity index is 594. The summed E-state index contributed by atoms with van der Waals surface area (Å²) < 4.78 is 10.5. The first-order valence-corrected chi connectivity index (χ1v) is 8.42. The Morgan fingerprint density at radius 2 is 1.83 bits per heavy atom. The highest BCUT2D eigenvalue weighted by molar-refractivity contribution is 5.95. The van der Waals surface area contributed by atoms with Gasteiger partial charge in [-0.1, -0.05) is 11.6 Å². The number of rotatable bonds is 5. The van der Waals surface area contributed by atoms with E-state index in [1.54, 1.807) is 32.4 Å². The average molecular weight is 332 g/mol. The Morgan fingerprint density at radius 1 is 1.08 bits per heavy atom. The molecule has 24 heavy (non-hydrogen) atoms. The molecular weight excluding hydrogens is 304 g/mol. The van der Waals surface area contributed by atoms with E-state index in [-0.39, 0.29) is 5.91 Å². The Balaban J connectivity index is 2.03. The maximum absolute atomic E-state index is 12.8. The van der Waals surface area contributed by atoms with Crippen LogP contribution in [0.25, 0.3) is 0 Å². The van der Waals surface area contributed by atoms with Crippen LogP contribution in [0.1, 0.15) is 30.6 Å². The van der Waals surface area contributed by atoms with Crippen molar-refractivity contribution in [2.45, 2.75) is 20.3 Å². The Morgan fingerprint density at radius 3 is 2.50 bits per heavy atom. The van der Waals surface area contributed by atoms with Gasteiger partial charge in [-0.25, -0.2) is 0 Å². The number of ether oxygens (including phenoxy) is 2. The van der Waals surface area contributed by atoms with Crippen LogP contribution in [0.5, 0.6) is 11.5 Å². The standard InChI is InChI=1S/C19H28N2O3/c1-15(2)8-11-20-9-5-10-21(13-12-20)19(22)16-6-7-17(23-3)18(14-16)24-4/h6-8,14H,5,9-13H2,1-4H3. The van der Waals surface area contributed by atoms with Crippen LogP contribution in [-0.2, 0) is 0 Å². The van der Waals surface area contributed by atoms with Crippen molar-refractivity contribution in [2.24, 2.45) is 0 Å². The lowest BCUT2D eigenvalue weighted by Crippen LogP contribution is -2.35. The van der Waals surface area contributed by atoms with Crippen molar-refractivity contribution in [2.75, 3.05) is 46.9 Å². The minimum atomic E-state index is 0.0556. The average Bonchev–Trinajstić information content (AvgIpc) is 2.84. The first kappa shape index (κ1) is 18.3. The Hall–Kier alpha value is -2.01. The number of methoxy groups -OCH3 is 2. The van der Waals surface area contributed by atoms with E-state index in [0.29, 0.717) is 17.1 Å². The van der Waals surface area contributed by atoms with Crippen molar-refractivity contribution in [1.82, 2.24) is 9.80 Å². The van der Waals surface area contributed by atoms with Crippen LogP contribution in [0, 0.1) is 0 Å². The van der Waals surface area contributed by atoms with Gasteiger partial charge in [0.25, 0.3) is 5.91 Å². The van der Waals surface area contributed by atoms with Gasteiger partial charge in [-0.15, -0.1) is 0 Å². The number of hydrogen-bond acceptors (Lipinski definition) is 4. The topological polar surface area (TPSA) is 42.0 Å². The van der Waals surface area contributed by atoms with E-state index >= 15 is 0 Å². The van der Waals surface area contributed by atoms with Crippen LogP contribution in [0.2, 0.25) is 0 Å². The maximum atomic E-state index is 12.8. The van der Waals surface area contributed by atoms with Gasteiger partial charge in [-0.3, -0.25) is 9.69 Å². The van der Waals surface area contributed by atoms with Gasteiger partial charge in [0, 0.05) is 38.3 Å². The third-order valence-corrected chi connectivity index (χ3v) is 4.26. The maximum Gasteiger partial charge on any atom is 0.254 e. The molecular formula is C19H28N2O3. The zero-order valence-corrected chi connectivity index (χ0v) is 15.2. The predicted molar refractivity (Wildman–Crippen MR) is 95.9 cm³/mol. The van der Waals surface area contributed by atoms with Gasteiger partial charge in [0.05, 0.1) is 14.2 Å². The normalized spacial score (nSPS) is 15.6. The largest absolute Gasteiger partial charge is 0.493 e. The fourth-order valence-corrected chi connectivity index (χ4v) is 2.82. The van der Waals surface area contributed by atoms with Gasteiger partial charge in [0.15, 0.2) is 11.5 Å². The zero-order chi connectivity index (χ0) is 17.5. The van der Waals surface area contributed by atoms with Gasteiger partial charge in [-0.2, -0.15) is 0 Å². The molecule has 132 valence electrons. The third kappa shape index (κ3) is 4.74. The Kier molecular flexibility index (Phi) is 6.67. The molecule has 0 N–H and O–H groups in total. The molecule has 1 fully saturated rings. The molecule has 5 nitrogen and oxygen atoms in total. The highest BCUT2D eigenvalue weighted by atomic mass is 16.5. The summed E-state index contributed by atoms with van der Waals surface area (Å²) in [5.41, 5.74) is 1.97. The molecule has 2 rings (SSSR count). The number of allylic oxidation sites excluding steroid dienone is 1. The fraction of sp³-hybridized carbons (Fsp3) is 0.526. The molecule has 0 saturated carbocycles. The summed E-state index contributed by atoms with van der Waals surface area (Å²) in [6.45, 7) is 8.67. The number of hydrogen-bond donors (Lipinski definition) is 0. The molecule has 0 bridgehead atoms. The molecule has 0 unspecified atom stereocenters. The lowest BCUT2D eigenvalue weighted by molar-refractivity contribution is 0.0761. The first-order chi connectivity index (χ1) is 11.5. The smallest absolute Gasteiger partial charge is 0.254 e. The van der Waals surface area contributed by atoms with Gasteiger partial charge in [-0.05, 0) is 38.5 Å². The van der Waals surface area contributed by atoms with Crippen molar-refractivity contribution in [3.63, 3.8) is 0 Å². The summed E-state index contributed by atoms with van der Waals surface area (Å²) >= 11 is 0. The monoisotopic (exact) mass is 332 g/mol. The van der Waals surface area contributed by atoms with E-state index in [2.05, 4.69) is 24.8 Å². The SMILES string of the molecule is COc1ccc(C(=O)N2CCCN(CC=C(C)C)CC2)cc1OC. The molecule has 1 amide bonds. The lowest BCUT2D eigenvalue weighted by atomic mass is 10.1. The fourth-order valence-electron chi connectivity index (χ4n) is 2.82. The van der Waals surface area contributed by atoms with Crippen molar-refractivity contribution in [3.05, 3.63) is 35.4 Å².